The van der Waals surface area contributed by atoms with Crippen molar-refractivity contribution in [3.63, 3.8) is 0 Å². The third kappa shape index (κ3) is 18.3. The van der Waals surface area contributed by atoms with Crippen LogP contribution in [0.2, 0.25) is 0 Å². The molecule has 0 fully saturated rings. The van der Waals surface area contributed by atoms with Crippen LogP contribution in [0.25, 0.3) is 0 Å². The molecule has 0 spiro atoms. The van der Waals surface area contributed by atoms with Crippen LogP contribution in [-0.4, -0.2) is 36.3 Å². The second-order valence-electron chi connectivity index (χ2n) is 2.16. The molecule has 0 unspecified atom stereocenters. The first-order chi connectivity index (χ1) is 4.41. The molecule has 0 N–H and O–H groups in total. The monoisotopic (exact) mass is 232 g/mol. The van der Waals surface area contributed by atoms with Gasteiger partial charge in [-0.3, -0.25) is 0 Å². The normalized spacial score (nSPS) is 8.18. The van der Waals surface area contributed by atoms with Crippen LogP contribution in [0.4, 0.5) is 0 Å². The molecule has 0 aliphatic carbocycles. The van der Waals surface area contributed by atoms with E-state index in [-0.39, 0.29) is 40.0 Å². The second-order valence-corrected chi connectivity index (χ2v) is 2.16. The van der Waals surface area contributed by atoms with Gasteiger partial charge in [-0.25, -0.2) is 0 Å². The van der Waals surface area contributed by atoms with Gasteiger partial charge in [0.15, 0.2) is 0 Å². The average molecular weight is 233 g/mol. The Hall–Kier alpha value is 1.21. The smallest absolute Gasteiger partial charge is 1.00 e. The molecule has 0 aromatic heterocycles. The molecule has 0 heterocycles. The quantitative estimate of drug-likeness (QED) is 0.326. The molecule has 11 heavy (non-hydrogen) atoms. The standard InChI is InChI=1S/C8H17O.BrH.Mg/c1-3-5-7-9-8-6-4-2;;/h3H,4-8H2,1-2H3;1H;/q-1;;+2/p-1. The van der Waals surface area contributed by atoms with Gasteiger partial charge in [0.05, 0.1) is 0 Å². The molecule has 0 atom stereocenters. The maximum atomic E-state index is 5.28. The largest absolute Gasteiger partial charge is 2.00 e. The maximum absolute atomic E-state index is 5.28. The fourth-order valence-electron chi connectivity index (χ4n) is 0.550. The number of halogens is 1. The predicted molar refractivity (Wildman–Crippen MR) is 46.1 cm³/mol. The second kappa shape index (κ2) is 17.3. The van der Waals surface area contributed by atoms with E-state index in [1.807, 2.05) is 0 Å². The van der Waals surface area contributed by atoms with E-state index in [2.05, 4.69) is 20.3 Å². The van der Waals surface area contributed by atoms with Gasteiger partial charge >= 0.3 is 23.1 Å². The molecule has 0 bridgehead atoms. The zero-order valence-electron chi connectivity index (χ0n) is 7.61. The molecular weight excluding hydrogens is 216 g/mol. The van der Waals surface area contributed by atoms with Crippen molar-refractivity contribution >= 4 is 23.1 Å². The van der Waals surface area contributed by atoms with Crippen LogP contribution in [-0.2, 0) is 4.74 Å². The summed E-state index contributed by atoms with van der Waals surface area (Å²) in [4.78, 5) is 0. The van der Waals surface area contributed by atoms with Crippen molar-refractivity contribution < 1.29 is 21.7 Å². The predicted octanol–water partition coefficient (Wildman–Crippen LogP) is -0.959. The number of ether oxygens (including phenoxy) is 1. The van der Waals surface area contributed by atoms with Crippen LogP contribution in [0.1, 0.15) is 33.1 Å². The molecule has 3 heteroatoms. The average Bonchev–Trinajstić information content (AvgIpc) is 1.89. The Morgan fingerprint density at radius 3 is 2.36 bits per heavy atom. The molecule has 0 aromatic carbocycles. The first kappa shape index (κ1) is 18.1. The van der Waals surface area contributed by atoms with Crippen molar-refractivity contribution in [2.75, 3.05) is 13.2 Å². The van der Waals surface area contributed by atoms with Crippen molar-refractivity contribution in [1.29, 1.82) is 0 Å². The topological polar surface area (TPSA) is 9.23 Å². The van der Waals surface area contributed by atoms with Crippen LogP contribution in [0.3, 0.4) is 0 Å². The summed E-state index contributed by atoms with van der Waals surface area (Å²) in [5.74, 6) is 0. The van der Waals surface area contributed by atoms with Gasteiger partial charge in [-0.1, -0.05) is 13.3 Å². The van der Waals surface area contributed by atoms with Crippen molar-refractivity contribution in [1.82, 2.24) is 0 Å². The number of hydrogen-bond acceptors (Lipinski definition) is 1. The zero-order valence-corrected chi connectivity index (χ0v) is 10.6. The van der Waals surface area contributed by atoms with Crippen LogP contribution in [0, 0.1) is 6.42 Å². The summed E-state index contributed by atoms with van der Waals surface area (Å²) in [5, 5.41) is 0. The van der Waals surface area contributed by atoms with Crippen LogP contribution >= 0.6 is 0 Å². The van der Waals surface area contributed by atoms with Crippen molar-refractivity contribution in [2.45, 2.75) is 33.1 Å². The van der Waals surface area contributed by atoms with E-state index in [1.165, 1.54) is 12.8 Å². The van der Waals surface area contributed by atoms with Crippen molar-refractivity contribution in [3.8, 4) is 0 Å². The SMILES string of the molecule is C[CH-]CCOCCCC.[Br-].[Mg+2]. The Labute approximate surface area is 97.2 Å². The van der Waals surface area contributed by atoms with Gasteiger partial charge < -0.3 is 28.1 Å². The van der Waals surface area contributed by atoms with Crippen LogP contribution < -0.4 is 17.0 Å². The molecule has 0 saturated heterocycles. The Balaban J connectivity index is -0.000000320. The molecule has 0 aliphatic heterocycles. The first-order valence-electron chi connectivity index (χ1n) is 3.77. The molecule has 0 aromatic rings. The van der Waals surface area contributed by atoms with E-state index in [1.54, 1.807) is 0 Å². The van der Waals surface area contributed by atoms with Gasteiger partial charge in [0.2, 0.25) is 0 Å². The van der Waals surface area contributed by atoms with Gasteiger partial charge in [0.1, 0.15) is 0 Å². The Kier molecular flexibility index (Phi) is 28.5. The van der Waals surface area contributed by atoms with Gasteiger partial charge in [0, 0.05) is 13.2 Å². The summed E-state index contributed by atoms with van der Waals surface area (Å²) in [7, 11) is 0. The van der Waals surface area contributed by atoms with Gasteiger partial charge in [0.25, 0.3) is 0 Å². The Bertz CT molecular complexity index is 47.4. The molecule has 0 radical (unpaired) electrons. The first-order valence-corrected chi connectivity index (χ1v) is 3.77. The number of unbranched alkanes of at least 4 members (excludes halogenated alkanes) is 2. The van der Waals surface area contributed by atoms with E-state index < -0.39 is 0 Å². The summed E-state index contributed by atoms with van der Waals surface area (Å²) < 4.78 is 5.28. The minimum atomic E-state index is 0. The fourth-order valence-corrected chi connectivity index (χ4v) is 0.550. The van der Waals surface area contributed by atoms with E-state index in [4.69, 9.17) is 4.74 Å². The van der Waals surface area contributed by atoms with Crippen molar-refractivity contribution in [3.05, 3.63) is 6.42 Å². The van der Waals surface area contributed by atoms with E-state index >= 15 is 0 Å². The Morgan fingerprint density at radius 1 is 1.27 bits per heavy atom. The van der Waals surface area contributed by atoms with Crippen LogP contribution in [0.5, 0.6) is 0 Å². The molecular formula is C8H17BrMgO. The molecule has 64 valence electrons. The van der Waals surface area contributed by atoms with E-state index in [0.717, 1.165) is 19.6 Å². The summed E-state index contributed by atoms with van der Waals surface area (Å²) >= 11 is 0. The minimum absolute atomic E-state index is 0. The maximum Gasteiger partial charge on any atom is 2.00 e. The minimum Gasteiger partial charge on any atom is -1.00 e. The van der Waals surface area contributed by atoms with Crippen molar-refractivity contribution in [2.24, 2.45) is 0 Å². The third-order valence-corrected chi connectivity index (χ3v) is 1.19. The van der Waals surface area contributed by atoms with Gasteiger partial charge in [-0.2, -0.15) is 13.3 Å². The summed E-state index contributed by atoms with van der Waals surface area (Å²) in [6, 6.07) is 0. The molecule has 0 aliphatic rings. The summed E-state index contributed by atoms with van der Waals surface area (Å²) in [6.45, 7) is 6.07. The number of rotatable bonds is 6. The zero-order chi connectivity index (χ0) is 6.95. The summed E-state index contributed by atoms with van der Waals surface area (Å²) in [5.41, 5.74) is 0. The fraction of sp³-hybridized carbons (Fsp3) is 0.875. The molecule has 0 saturated carbocycles. The van der Waals surface area contributed by atoms with Gasteiger partial charge in [-0.15, -0.1) is 0 Å². The molecule has 0 amide bonds. The summed E-state index contributed by atoms with van der Waals surface area (Å²) in [6.07, 6.45) is 5.65. The molecule has 1 nitrogen and oxygen atoms in total. The third-order valence-electron chi connectivity index (χ3n) is 1.19. The molecule has 0 rings (SSSR count). The van der Waals surface area contributed by atoms with Gasteiger partial charge in [-0.05, 0) is 6.42 Å². The Morgan fingerprint density at radius 2 is 1.91 bits per heavy atom. The van der Waals surface area contributed by atoms with Crippen LogP contribution in [0.15, 0.2) is 0 Å². The van der Waals surface area contributed by atoms with E-state index in [9.17, 15) is 0 Å². The van der Waals surface area contributed by atoms with E-state index in [0.29, 0.717) is 0 Å². The number of hydrogen-bond donors (Lipinski definition) is 0.